The summed E-state index contributed by atoms with van der Waals surface area (Å²) in [5.74, 6) is 0. The van der Waals surface area contributed by atoms with E-state index in [1.807, 2.05) is 7.05 Å². The van der Waals surface area contributed by atoms with E-state index >= 15 is 0 Å². The van der Waals surface area contributed by atoms with Crippen LogP contribution in [0.4, 0.5) is 0 Å². The van der Waals surface area contributed by atoms with Gasteiger partial charge in [-0.25, -0.2) is 0 Å². The van der Waals surface area contributed by atoms with E-state index in [2.05, 4.69) is 41.5 Å². The lowest BCUT2D eigenvalue weighted by Crippen LogP contribution is -2.21. The van der Waals surface area contributed by atoms with Gasteiger partial charge in [-0.05, 0) is 38.2 Å². The summed E-state index contributed by atoms with van der Waals surface area (Å²) < 4.78 is 0. The zero-order valence-corrected chi connectivity index (χ0v) is 8.96. The van der Waals surface area contributed by atoms with Crippen LogP contribution in [-0.2, 0) is 6.54 Å². The normalized spacial score (nSPS) is 21.1. The van der Waals surface area contributed by atoms with Gasteiger partial charge in [-0.1, -0.05) is 24.3 Å². The van der Waals surface area contributed by atoms with Gasteiger partial charge in [-0.2, -0.15) is 0 Å². The molecule has 0 unspecified atom stereocenters. The van der Waals surface area contributed by atoms with Crippen LogP contribution in [0.25, 0.3) is 0 Å². The van der Waals surface area contributed by atoms with E-state index in [9.17, 15) is 0 Å². The van der Waals surface area contributed by atoms with Crippen LogP contribution in [0.1, 0.15) is 23.6 Å². The zero-order valence-electron chi connectivity index (χ0n) is 8.96. The Balaban J connectivity index is 2.17. The summed E-state index contributed by atoms with van der Waals surface area (Å²) in [6.07, 6.45) is 1.20. The van der Waals surface area contributed by atoms with E-state index < -0.39 is 0 Å². The minimum absolute atomic E-state index is 0.610. The number of fused-ring (bicyclic) bond motifs is 1. The Labute approximate surface area is 85.9 Å². The van der Waals surface area contributed by atoms with Crippen molar-refractivity contribution in [3.8, 4) is 0 Å². The van der Waals surface area contributed by atoms with E-state index in [1.54, 1.807) is 0 Å². The Hall–Kier alpha value is -0.860. The molecular formula is C12H18N2. The number of hydrogen-bond acceptors (Lipinski definition) is 2. The van der Waals surface area contributed by atoms with Crippen LogP contribution in [0.5, 0.6) is 0 Å². The van der Waals surface area contributed by atoms with Gasteiger partial charge in [0.1, 0.15) is 0 Å². The van der Waals surface area contributed by atoms with E-state index in [0.717, 1.165) is 13.1 Å². The predicted molar refractivity (Wildman–Crippen MR) is 59.2 cm³/mol. The van der Waals surface area contributed by atoms with Crippen molar-refractivity contribution >= 4 is 0 Å². The maximum absolute atomic E-state index is 3.22. The SMILES string of the molecule is CNCC[C@@H]1c2ccccc2CN1C. The molecule has 2 nitrogen and oxygen atoms in total. The smallest absolute Gasteiger partial charge is 0.0363 e. The highest BCUT2D eigenvalue weighted by molar-refractivity contribution is 5.33. The number of nitrogens with one attached hydrogen (secondary N) is 1. The Bertz CT molecular complexity index is 309. The Morgan fingerprint density at radius 3 is 3.00 bits per heavy atom. The maximum atomic E-state index is 3.22. The van der Waals surface area contributed by atoms with Crippen LogP contribution in [0.2, 0.25) is 0 Å². The van der Waals surface area contributed by atoms with Gasteiger partial charge in [0.25, 0.3) is 0 Å². The van der Waals surface area contributed by atoms with Crippen molar-refractivity contribution in [2.45, 2.75) is 19.0 Å². The Kier molecular flexibility index (Phi) is 2.85. The molecule has 0 saturated heterocycles. The molecule has 0 amide bonds. The second kappa shape index (κ2) is 4.11. The molecule has 2 rings (SSSR count). The number of rotatable bonds is 3. The van der Waals surface area contributed by atoms with Gasteiger partial charge in [-0.15, -0.1) is 0 Å². The highest BCUT2D eigenvalue weighted by Gasteiger charge is 2.25. The van der Waals surface area contributed by atoms with E-state index in [1.165, 1.54) is 17.5 Å². The molecule has 1 aliphatic rings. The molecule has 1 aliphatic heterocycles. The summed E-state index contributed by atoms with van der Waals surface area (Å²) in [4.78, 5) is 2.43. The molecule has 0 fully saturated rings. The van der Waals surface area contributed by atoms with Gasteiger partial charge < -0.3 is 5.32 Å². The molecule has 0 aromatic heterocycles. The van der Waals surface area contributed by atoms with Gasteiger partial charge in [0, 0.05) is 12.6 Å². The standard InChI is InChI=1S/C12H18N2/c1-13-8-7-12-11-6-4-3-5-10(11)9-14(12)2/h3-6,12-13H,7-9H2,1-2H3/t12-/m1/s1. The lowest BCUT2D eigenvalue weighted by atomic mass is 10.0. The van der Waals surface area contributed by atoms with E-state index in [0.29, 0.717) is 6.04 Å². The highest BCUT2D eigenvalue weighted by atomic mass is 15.1. The van der Waals surface area contributed by atoms with Crippen molar-refractivity contribution in [3.63, 3.8) is 0 Å². The quantitative estimate of drug-likeness (QED) is 0.781. The monoisotopic (exact) mass is 190 g/mol. The fourth-order valence-corrected chi connectivity index (χ4v) is 2.28. The minimum atomic E-state index is 0.610. The lowest BCUT2D eigenvalue weighted by molar-refractivity contribution is 0.255. The third-order valence-corrected chi connectivity index (χ3v) is 3.03. The Morgan fingerprint density at radius 2 is 2.21 bits per heavy atom. The fourth-order valence-electron chi connectivity index (χ4n) is 2.28. The highest BCUT2D eigenvalue weighted by Crippen LogP contribution is 2.33. The molecule has 0 spiro atoms. The van der Waals surface area contributed by atoms with Crippen molar-refractivity contribution in [2.24, 2.45) is 0 Å². The average molecular weight is 190 g/mol. The first kappa shape index (κ1) is 9.69. The largest absolute Gasteiger partial charge is 0.320 e. The van der Waals surface area contributed by atoms with Crippen LogP contribution in [0.15, 0.2) is 24.3 Å². The molecule has 1 N–H and O–H groups in total. The van der Waals surface area contributed by atoms with Gasteiger partial charge in [0.05, 0.1) is 0 Å². The molecular weight excluding hydrogens is 172 g/mol. The fraction of sp³-hybridized carbons (Fsp3) is 0.500. The van der Waals surface area contributed by atoms with Gasteiger partial charge in [0.15, 0.2) is 0 Å². The predicted octanol–water partition coefficient (Wildman–Crippen LogP) is 1.78. The molecule has 76 valence electrons. The first-order valence-electron chi connectivity index (χ1n) is 5.25. The van der Waals surface area contributed by atoms with E-state index in [-0.39, 0.29) is 0 Å². The summed E-state index contributed by atoms with van der Waals surface area (Å²) in [5, 5.41) is 3.22. The molecule has 2 heteroatoms. The van der Waals surface area contributed by atoms with Gasteiger partial charge in [0.2, 0.25) is 0 Å². The maximum Gasteiger partial charge on any atom is 0.0363 e. The third kappa shape index (κ3) is 1.68. The summed E-state index contributed by atoms with van der Waals surface area (Å²) in [6, 6.07) is 9.39. The molecule has 0 radical (unpaired) electrons. The number of benzene rings is 1. The summed E-state index contributed by atoms with van der Waals surface area (Å²) in [7, 11) is 4.22. The second-order valence-corrected chi connectivity index (χ2v) is 4.02. The first-order valence-corrected chi connectivity index (χ1v) is 5.25. The van der Waals surface area contributed by atoms with Crippen molar-refractivity contribution < 1.29 is 0 Å². The topological polar surface area (TPSA) is 15.3 Å². The van der Waals surface area contributed by atoms with Crippen molar-refractivity contribution in [2.75, 3.05) is 20.6 Å². The lowest BCUT2D eigenvalue weighted by Gasteiger charge is -2.19. The van der Waals surface area contributed by atoms with Crippen molar-refractivity contribution in [3.05, 3.63) is 35.4 Å². The molecule has 0 saturated carbocycles. The van der Waals surface area contributed by atoms with Gasteiger partial charge in [-0.3, -0.25) is 4.90 Å². The average Bonchev–Trinajstić information content (AvgIpc) is 2.51. The molecule has 1 aromatic rings. The van der Waals surface area contributed by atoms with Crippen LogP contribution < -0.4 is 5.32 Å². The van der Waals surface area contributed by atoms with Crippen molar-refractivity contribution in [1.29, 1.82) is 0 Å². The van der Waals surface area contributed by atoms with Crippen LogP contribution in [0, 0.1) is 0 Å². The molecule has 0 aliphatic carbocycles. The summed E-state index contributed by atoms with van der Waals surface area (Å²) in [5.41, 5.74) is 3.02. The summed E-state index contributed by atoms with van der Waals surface area (Å²) >= 11 is 0. The van der Waals surface area contributed by atoms with Crippen LogP contribution >= 0.6 is 0 Å². The van der Waals surface area contributed by atoms with Crippen LogP contribution in [-0.4, -0.2) is 25.5 Å². The third-order valence-electron chi connectivity index (χ3n) is 3.03. The first-order chi connectivity index (χ1) is 6.83. The van der Waals surface area contributed by atoms with Crippen LogP contribution in [0.3, 0.4) is 0 Å². The molecule has 1 heterocycles. The van der Waals surface area contributed by atoms with Crippen molar-refractivity contribution in [1.82, 2.24) is 10.2 Å². The zero-order chi connectivity index (χ0) is 9.97. The second-order valence-electron chi connectivity index (χ2n) is 4.02. The number of hydrogen-bond donors (Lipinski definition) is 1. The van der Waals surface area contributed by atoms with Gasteiger partial charge >= 0.3 is 0 Å². The minimum Gasteiger partial charge on any atom is -0.320 e. The molecule has 14 heavy (non-hydrogen) atoms. The Morgan fingerprint density at radius 1 is 1.43 bits per heavy atom. The molecule has 1 aromatic carbocycles. The van der Waals surface area contributed by atoms with E-state index in [4.69, 9.17) is 0 Å². The number of nitrogens with zero attached hydrogens (tertiary/aromatic N) is 1. The summed E-state index contributed by atoms with van der Waals surface area (Å²) in [6.45, 7) is 2.19. The molecule has 0 bridgehead atoms. The molecule has 1 atom stereocenters.